The van der Waals surface area contributed by atoms with Crippen molar-refractivity contribution in [3.8, 4) is 0 Å². The predicted molar refractivity (Wildman–Crippen MR) is 55.9 cm³/mol. The van der Waals surface area contributed by atoms with Crippen LogP contribution in [0.3, 0.4) is 0 Å². The molecule has 0 fully saturated rings. The molecule has 2 N–H and O–H groups in total. The van der Waals surface area contributed by atoms with Gasteiger partial charge in [0.25, 0.3) is 0 Å². The normalized spacial score (nSPS) is 14.6. The second-order valence-corrected chi connectivity index (χ2v) is 3.74. The number of carbonyl (C=O) groups is 1. The third kappa shape index (κ3) is 5.88. The van der Waals surface area contributed by atoms with Gasteiger partial charge in [-0.25, -0.2) is 0 Å². The average molecular weight is 210 g/mol. The quantitative estimate of drug-likeness (QED) is 0.718. The fourth-order valence-electron chi connectivity index (χ4n) is 1.23. The molecule has 3 nitrogen and oxygen atoms in total. The Kier molecular flexibility index (Phi) is 7.27. The molecule has 80 valence electrons. The molecule has 0 saturated heterocycles. The topological polar surface area (TPSA) is 52.3 Å². The first-order valence-corrected chi connectivity index (χ1v) is 4.36. The van der Waals surface area contributed by atoms with Crippen LogP contribution in [0, 0.1) is 5.92 Å². The monoisotopic (exact) mass is 209 g/mol. The van der Waals surface area contributed by atoms with Crippen molar-refractivity contribution < 1.29 is 9.53 Å². The van der Waals surface area contributed by atoms with Crippen LogP contribution in [0.1, 0.15) is 34.1 Å². The zero-order chi connectivity index (χ0) is 9.78. The minimum absolute atomic E-state index is 0. The van der Waals surface area contributed by atoms with Crippen molar-refractivity contribution in [3.05, 3.63) is 0 Å². The third-order valence-electron chi connectivity index (χ3n) is 1.57. The van der Waals surface area contributed by atoms with Gasteiger partial charge in [-0.2, -0.15) is 0 Å². The van der Waals surface area contributed by atoms with E-state index in [1.807, 2.05) is 13.8 Å². The molecule has 0 aromatic rings. The van der Waals surface area contributed by atoms with Gasteiger partial charge < -0.3 is 10.5 Å². The Morgan fingerprint density at radius 1 is 1.54 bits per heavy atom. The van der Waals surface area contributed by atoms with Gasteiger partial charge in [0.05, 0.1) is 6.61 Å². The van der Waals surface area contributed by atoms with Gasteiger partial charge in [0.2, 0.25) is 0 Å². The van der Waals surface area contributed by atoms with Crippen LogP contribution in [0.25, 0.3) is 0 Å². The van der Waals surface area contributed by atoms with Gasteiger partial charge in [-0.15, -0.1) is 12.4 Å². The Balaban J connectivity index is 0. The van der Waals surface area contributed by atoms with E-state index in [9.17, 15) is 4.79 Å². The minimum Gasteiger partial charge on any atom is -0.465 e. The molecule has 1 atom stereocenters. The lowest BCUT2D eigenvalue weighted by molar-refractivity contribution is -0.149. The van der Waals surface area contributed by atoms with Crippen molar-refractivity contribution in [2.24, 2.45) is 11.7 Å². The highest BCUT2D eigenvalue weighted by Crippen LogP contribution is 2.14. The number of ether oxygens (including phenoxy) is 1. The Hall–Kier alpha value is -0.280. The molecule has 0 rings (SSSR count). The summed E-state index contributed by atoms with van der Waals surface area (Å²) < 4.78 is 4.84. The highest BCUT2D eigenvalue weighted by Gasteiger charge is 2.30. The van der Waals surface area contributed by atoms with E-state index in [2.05, 4.69) is 0 Å². The molecule has 0 aromatic carbocycles. The smallest absolute Gasteiger partial charge is 0.325 e. The average Bonchev–Trinajstić information content (AvgIpc) is 1.85. The van der Waals surface area contributed by atoms with Crippen LogP contribution in [-0.2, 0) is 9.53 Å². The summed E-state index contributed by atoms with van der Waals surface area (Å²) in [4.78, 5) is 11.3. The summed E-state index contributed by atoms with van der Waals surface area (Å²) in [7, 11) is 0. The fraction of sp³-hybridized carbons (Fsp3) is 0.889. The van der Waals surface area contributed by atoms with Gasteiger partial charge in [-0.05, 0) is 26.2 Å². The highest BCUT2D eigenvalue weighted by atomic mass is 35.5. The van der Waals surface area contributed by atoms with Crippen LogP contribution in [0.4, 0.5) is 0 Å². The molecule has 0 saturated carbocycles. The summed E-state index contributed by atoms with van der Waals surface area (Å²) in [6.07, 6.45) is 0.659. The van der Waals surface area contributed by atoms with E-state index >= 15 is 0 Å². The summed E-state index contributed by atoms with van der Waals surface area (Å²) in [5, 5.41) is 0. The highest BCUT2D eigenvalue weighted by molar-refractivity contribution is 5.85. The van der Waals surface area contributed by atoms with E-state index in [0.29, 0.717) is 18.9 Å². The van der Waals surface area contributed by atoms with Crippen LogP contribution in [0.2, 0.25) is 0 Å². The first-order chi connectivity index (χ1) is 5.40. The van der Waals surface area contributed by atoms with Crippen LogP contribution in [0.15, 0.2) is 0 Å². The van der Waals surface area contributed by atoms with Gasteiger partial charge in [0.15, 0.2) is 0 Å². The van der Waals surface area contributed by atoms with Gasteiger partial charge in [0, 0.05) is 0 Å². The van der Waals surface area contributed by atoms with Crippen molar-refractivity contribution in [2.75, 3.05) is 6.61 Å². The van der Waals surface area contributed by atoms with Gasteiger partial charge in [-0.3, -0.25) is 4.79 Å². The van der Waals surface area contributed by atoms with E-state index in [1.165, 1.54) is 0 Å². The summed E-state index contributed by atoms with van der Waals surface area (Å²) in [6.45, 7) is 7.95. The maximum atomic E-state index is 11.3. The van der Waals surface area contributed by atoms with Crippen molar-refractivity contribution >= 4 is 18.4 Å². The molecule has 0 aliphatic rings. The lowest BCUT2D eigenvalue weighted by atomic mass is 9.92. The molecule has 0 aromatic heterocycles. The standard InChI is InChI=1S/C9H19NO2.ClH/c1-5-12-8(11)9(4,10)6-7(2)3;/h7H,5-6,10H2,1-4H3;1H/t9-;/m0./s1. The summed E-state index contributed by atoms with van der Waals surface area (Å²) >= 11 is 0. The fourth-order valence-corrected chi connectivity index (χ4v) is 1.23. The second kappa shape index (κ2) is 6.22. The van der Waals surface area contributed by atoms with Crippen molar-refractivity contribution in [2.45, 2.75) is 39.7 Å². The number of halogens is 1. The second-order valence-electron chi connectivity index (χ2n) is 3.74. The molecule has 4 heteroatoms. The van der Waals surface area contributed by atoms with E-state index in [0.717, 1.165) is 0 Å². The van der Waals surface area contributed by atoms with Crippen molar-refractivity contribution in [1.29, 1.82) is 0 Å². The molecule has 13 heavy (non-hydrogen) atoms. The van der Waals surface area contributed by atoms with Gasteiger partial charge in [-0.1, -0.05) is 13.8 Å². The van der Waals surface area contributed by atoms with Crippen molar-refractivity contribution in [1.82, 2.24) is 0 Å². The van der Waals surface area contributed by atoms with Crippen LogP contribution >= 0.6 is 12.4 Å². The lowest BCUT2D eigenvalue weighted by Gasteiger charge is -2.23. The lowest BCUT2D eigenvalue weighted by Crippen LogP contribution is -2.47. The Morgan fingerprint density at radius 2 is 2.00 bits per heavy atom. The summed E-state index contributed by atoms with van der Waals surface area (Å²) in [5.41, 5.74) is 4.94. The number of esters is 1. The maximum Gasteiger partial charge on any atom is 0.325 e. The number of rotatable bonds is 4. The summed E-state index contributed by atoms with van der Waals surface area (Å²) in [6, 6.07) is 0. The Morgan fingerprint density at radius 3 is 2.31 bits per heavy atom. The number of carbonyl (C=O) groups excluding carboxylic acids is 1. The molecule has 0 aliphatic carbocycles. The van der Waals surface area contributed by atoms with Gasteiger partial charge >= 0.3 is 5.97 Å². The van der Waals surface area contributed by atoms with Crippen molar-refractivity contribution in [3.63, 3.8) is 0 Å². The molecule has 0 spiro atoms. The molecule has 0 aliphatic heterocycles. The first-order valence-electron chi connectivity index (χ1n) is 4.36. The number of hydrogen-bond acceptors (Lipinski definition) is 3. The zero-order valence-electron chi connectivity index (χ0n) is 8.79. The predicted octanol–water partition coefficient (Wildman–Crippen LogP) is 1.73. The van der Waals surface area contributed by atoms with Gasteiger partial charge in [0.1, 0.15) is 5.54 Å². The molecule has 0 heterocycles. The summed E-state index contributed by atoms with van der Waals surface area (Å²) in [5.74, 6) is 0.100. The third-order valence-corrected chi connectivity index (χ3v) is 1.57. The van der Waals surface area contributed by atoms with Crippen LogP contribution in [0.5, 0.6) is 0 Å². The molecule has 0 bridgehead atoms. The van der Waals surface area contributed by atoms with E-state index in [-0.39, 0.29) is 18.4 Å². The first kappa shape index (κ1) is 15.2. The number of hydrogen-bond donors (Lipinski definition) is 1. The molecule has 0 radical (unpaired) electrons. The molecular weight excluding hydrogens is 190 g/mol. The number of nitrogens with two attached hydrogens (primary N) is 1. The molecule has 0 amide bonds. The Bertz CT molecular complexity index is 158. The van der Waals surface area contributed by atoms with E-state index in [4.69, 9.17) is 10.5 Å². The largest absolute Gasteiger partial charge is 0.465 e. The Labute approximate surface area is 86.4 Å². The zero-order valence-corrected chi connectivity index (χ0v) is 9.61. The molecule has 0 unspecified atom stereocenters. The SMILES string of the molecule is CCOC(=O)[C@@](C)(N)CC(C)C.Cl. The minimum atomic E-state index is -0.829. The van der Waals surface area contributed by atoms with Crippen LogP contribution in [-0.4, -0.2) is 18.1 Å². The van der Waals surface area contributed by atoms with E-state index in [1.54, 1.807) is 13.8 Å². The molecular formula is C9H20ClNO2. The van der Waals surface area contributed by atoms with Crippen LogP contribution < -0.4 is 5.73 Å². The van der Waals surface area contributed by atoms with E-state index < -0.39 is 5.54 Å². The maximum absolute atomic E-state index is 11.3.